The monoisotopic (exact) mass is 273 g/mol. The number of ketones is 2. The molecule has 20 heavy (non-hydrogen) atoms. The average Bonchev–Trinajstić information content (AvgIpc) is 2.47. The number of rotatable bonds is 5. The minimum Gasteiger partial charge on any atom is -0.342 e. The molecule has 1 saturated heterocycles. The van der Waals surface area contributed by atoms with Gasteiger partial charge in [-0.3, -0.25) is 14.4 Å². The van der Waals surface area contributed by atoms with Gasteiger partial charge < -0.3 is 4.90 Å². The van der Waals surface area contributed by atoms with Crippen molar-refractivity contribution in [1.82, 2.24) is 4.90 Å². The molecule has 1 fully saturated rings. The van der Waals surface area contributed by atoms with Crippen LogP contribution in [0.2, 0.25) is 0 Å². The van der Waals surface area contributed by atoms with E-state index in [1.165, 1.54) is 0 Å². The fourth-order valence-electron chi connectivity index (χ4n) is 2.51. The number of carbonyl (C=O) groups excluding carboxylic acids is 3. The first kappa shape index (κ1) is 14.4. The lowest BCUT2D eigenvalue weighted by molar-refractivity contribution is -0.145. The zero-order valence-electron chi connectivity index (χ0n) is 11.7. The fourth-order valence-corrected chi connectivity index (χ4v) is 2.51. The van der Waals surface area contributed by atoms with Crippen molar-refractivity contribution in [2.45, 2.75) is 26.2 Å². The number of benzene rings is 1. The van der Waals surface area contributed by atoms with Crippen LogP contribution >= 0.6 is 0 Å². The second-order valence-electron chi connectivity index (χ2n) is 5.09. The Morgan fingerprint density at radius 2 is 1.95 bits per heavy atom. The SMILES string of the molecule is CCCN1CCC(=O)C(CC(=O)c2ccccc2)C1=O. The van der Waals surface area contributed by atoms with Gasteiger partial charge in [0.05, 0.1) is 0 Å². The molecule has 1 unspecified atom stereocenters. The maximum Gasteiger partial charge on any atom is 0.233 e. The highest BCUT2D eigenvalue weighted by molar-refractivity contribution is 6.08. The second-order valence-corrected chi connectivity index (χ2v) is 5.09. The zero-order valence-corrected chi connectivity index (χ0v) is 11.7. The maximum atomic E-state index is 12.2. The van der Waals surface area contributed by atoms with Crippen molar-refractivity contribution in [3.8, 4) is 0 Å². The molecule has 1 amide bonds. The third-order valence-electron chi connectivity index (χ3n) is 3.61. The number of likely N-dealkylation sites (tertiary alicyclic amines) is 1. The van der Waals surface area contributed by atoms with Crippen LogP contribution in [0.25, 0.3) is 0 Å². The van der Waals surface area contributed by atoms with Gasteiger partial charge in [0.2, 0.25) is 5.91 Å². The van der Waals surface area contributed by atoms with E-state index < -0.39 is 5.92 Å². The van der Waals surface area contributed by atoms with Crippen molar-refractivity contribution in [3.63, 3.8) is 0 Å². The summed E-state index contributed by atoms with van der Waals surface area (Å²) in [4.78, 5) is 38.0. The number of nitrogens with zero attached hydrogens (tertiary/aromatic N) is 1. The van der Waals surface area contributed by atoms with Gasteiger partial charge in [-0.05, 0) is 6.42 Å². The first-order valence-electron chi connectivity index (χ1n) is 7.03. The molecule has 0 bridgehead atoms. The van der Waals surface area contributed by atoms with Crippen LogP contribution in [0, 0.1) is 5.92 Å². The van der Waals surface area contributed by atoms with Gasteiger partial charge in [-0.25, -0.2) is 0 Å². The highest BCUT2D eigenvalue weighted by Gasteiger charge is 2.36. The summed E-state index contributed by atoms with van der Waals surface area (Å²) in [6.07, 6.45) is 1.21. The molecule has 1 heterocycles. The van der Waals surface area contributed by atoms with E-state index in [1.54, 1.807) is 29.2 Å². The summed E-state index contributed by atoms with van der Waals surface area (Å²) in [6, 6.07) is 8.81. The maximum absolute atomic E-state index is 12.2. The number of carbonyl (C=O) groups is 3. The smallest absolute Gasteiger partial charge is 0.233 e. The lowest BCUT2D eigenvalue weighted by Gasteiger charge is -2.30. The Labute approximate surface area is 118 Å². The molecule has 106 valence electrons. The van der Waals surface area contributed by atoms with E-state index in [1.807, 2.05) is 13.0 Å². The molecule has 1 aromatic carbocycles. The van der Waals surface area contributed by atoms with Crippen LogP contribution in [0.3, 0.4) is 0 Å². The lowest BCUT2D eigenvalue weighted by Crippen LogP contribution is -2.46. The molecule has 4 heteroatoms. The Morgan fingerprint density at radius 1 is 1.25 bits per heavy atom. The first-order valence-corrected chi connectivity index (χ1v) is 7.03. The van der Waals surface area contributed by atoms with Crippen molar-refractivity contribution in [2.75, 3.05) is 13.1 Å². The van der Waals surface area contributed by atoms with E-state index in [9.17, 15) is 14.4 Å². The van der Waals surface area contributed by atoms with Crippen LogP contribution in [-0.2, 0) is 9.59 Å². The lowest BCUT2D eigenvalue weighted by atomic mass is 9.89. The third kappa shape index (κ3) is 3.13. The average molecular weight is 273 g/mol. The zero-order chi connectivity index (χ0) is 14.5. The van der Waals surface area contributed by atoms with Gasteiger partial charge >= 0.3 is 0 Å². The van der Waals surface area contributed by atoms with Crippen molar-refractivity contribution >= 4 is 17.5 Å². The molecule has 1 aliphatic rings. The van der Waals surface area contributed by atoms with Gasteiger partial charge in [0.15, 0.2) is 5.78 Å². The summed E-state index contributed by atoms with van der Waals surface area (Å²) in [5, 5.41) is 0. The van der Waals surface area contributed by atoms with Gasteiger partial charge in [0.1, 0.15) is 11.7 Å². The topological polar surface area (TPSA) is 54.5 Å². The number of amides is 1. The van der Waals surface area contributed by atoms with Crippen LogP contribution < -0.4 is 0 Å². The molecule has 0 aliphatic carbocycles. The molecule has 0 radical (unpaired) electrons. The molecule has 1 aliphatic heterocycles. The first-order chi connectivity index (χ1) is 9.63. The highest BCUT2D eigenvalue weighted by Crippen LogP contribution is 2.20. The molecule has 0 saturated carbocycles. The quantitative estimate of drug-likeness (QED) is 0.609. The van der Waals surface area contributed by atoms with E-state index in [4.69, 9.17) is 0 Å². The summed E-state index contributed by atoms with van der Waals surface area (Å²) in [5.74, 6) is -1.22. The molecule has 1 aromatic rings. The van der Waals surface area contributed by atoms with Crippen LogP contribution in [0.5, 0.6) is 0 Å². The molecule has 1 atom stereocenters. The van der Waals surface area contributed by atoms with Crippen LogP contribution in [0.4, 0.5) is 0 Å². The summed E-state index contributed by atoms with van der Waals surface area (Å²) in [6.45, 7) is 3.14. The Balaban J connectivity index is 2.08. The minimum absolute atomic E-state index is 0.0120. The molecule has 0 N–H and O–H groups in total. The largest absolute Gasteiger partial charge is 0.342 e. The van der Waals surface area contributed by atoms with Gasteiger partial charge in [-0.2, -0.15) is 0 Å². The predicted octanol–water partition coefficient (Wildman–Crippen LogP) is 2.09. The van der Waals surface area contributed by atoms with Crippen molar-refractivity contribution in [1.29, 1.82) is 0 Å². The van der Waals surface area contributed by atoms with E-state index in [0.29, 0.717) is 25.1 Å². The molecule has 4 nitrogen and oxygen atoms in total. The van der Waals surface area contributed by atoms with Gasteiger partial charge in [-0.15, -0.1) is 0 Å². The normalized spacial score (nSPS) is 19.2. The Bertz CT molecular complexity index is 510. The van der Waals surface area contributed by atoms with Gasteiger partial charge in [-0.1, -0.05) is 37.3 Å². The minimum atomic E-state index is -0.789. The van der Waals surface area contributed by atoms with E-state index >= 15 is 0 Å². The van der Waals surface area contributed by atoms with E-state index in [2.05, 4.69) is 0 Å². The summed E-state index contributed by atoms with van der Waals surface area (Å²) >= 11 is 0. The Kier molecular flexibility index (Phi) is 4.66. The van der Waals surface area contributed by atoms with Crippen molar-refractivity contribution in [3.05, 3.63) is 35.9 Å². The van der Waals surface area contributed by atoms with Crippen LogP contribution in [0.1, 0.15) is 36.5 Å². The summed E-state index contributed by atoms with van der Waals surface area (Å²) < 4.78 is 0. The van der Waals surface area contributed by atoms with Gasteiger partial charge in [0, 0.05) is 31.5 Å². The number of piperidine rings is 1. The molecular formula is C16H19NO3. The summed E-state index contributed by atoms with van der Waals surface area (Å²) in [7, 11) is 0. The predicted molar refractivity (Wildman–Crippen MR) is 75.4 cm³/mol. The molecule has 0 aromatic heterocycles. The Morgan fingerprint density at radius 3 is 2.60 bits per heavy atom. The number of Topliss-reactive ketones (excluding diaryl/α,β-unsaturated/α-hetero) is 2. The van der Waals surface area contributed by atoms with Crippen LogP contribution in [-0.4, -0.2) is 35.5 Å². The van der Waals surface area contributed by atoms with Crippen LogP contribution in [0.15, 0.2) is 30.3 Å². The van der Waals surface area contributed by atoms with Crippen molar-refractivity contribution in [2.24, 2.45) is 5.92 Å². The highest BCUT2D eigenvalue weighted by atomic mass is 16.2. The molecule has 2 rings (SSSR count). The summed E-state index contributed by atoms with van der Waals surface area (Å²) in [5.41, 5.74) is 0.556. The molecule has 0 spiro atoms. The number of hydrogen-bond donors (Lipinski definition) is 0. The number of hydrogen-bond acceptors (Lipinski definition) is 3. The standard InChI is InChI=1S/C16H19NO3/c1-2-9-17-10-8-14(18)13(16(17)20)11-15(19)12-6-4-3-5-7-12/h3-7,13H,2,8-11H2,1H3. The third-order valence-corrected chi connectivity index (χ3v) is 3.61. The second kappa shape index (κ2) is 6.46. The fraction of sp³-hybridized carbons (Fsp3) is 0.438. The Hall–Kier alpha value is -1.97. The van der Waals surface area contributed by atoms with Gasteiger partial charge in [0.25, 0.3) is 0 Å². The van der Waals surface area contributed by atoms with Crippen molar-refractivity contribution < 1.29 is 14.4 Å². The van der Waals surface area contributed by atoms with E-state index in [0.717, 1.165) is 6.42 Å². The molecular weight excluding hydrogens is 254 g/mol. The van der Waals surface area contributed by atoms with E-state index in [-0.39, 0.29) is 23.9 Å².